The molecule has 28 heavy (non-hydrogen) atoms. The molecule has 0 N–H and O–H groups in total. The van der Waals surface area contributed by atoms with Gasteiger partial charge in [0, 0.05) is 38.6 Å². The molecule has 2 saturated heterocycles. The van der Waals surface area contributed by atoms with Crippen molar-refractivity contribution >= 4 is 11.6 Å². The first-order valence-electron chi connectivity index (χ1n) is 10.1. The van der Waals surface area contributed by atoms with Crippen molar-refractivity contribution in [2.75, 3.05) is 50.7 Å². The fourth-order valence-corrected chi connectivity index (χ4v) is 4.26. The monoisotopic (exact) mass is 382 g/mol. The number of carbonyl (C=O) groups is 1. The molecule has 2 aromatic rings. The lowest BCUT2D eigenvalue weighted by atomic mass is 9.90. The first-order chi connectivity index (χ1) is 13.7. The predicted octanol–water partition coefficient (Wildman–Crippen LogP) is 2.75. The average Bonchev–Trinajstić information content (AvgIpc) is 2.75. The summed E-state index contributed by atoms with van der Waals surface area (Å²) in [4.78, 5) is 23.0. The number of piperazine rings is 1. The van der Waals surface area contributed by atoms with Crippen molar-refractivity contribution in [2.24, 2.45) is 0 Å². The van der Waals surface area contributed by atoms with Crippen molar-refractivity contribution in [1.82, 2.24) is 14.8 Å². The third-order valence-electron chi connectivity index (χ3n) is 5.95. The molecule has 3 heterocycles. The molecule has 2 aliphatic heterocycles. The van der Waals surface area contributed by atoms with Gasteiger partial charge in [0.1, 0.15) is 5.82 Å². The number of aromatic nitrogens is 1. The summed E-state index contributed by atoms with van der Waals surface area (Å²) in [5.74, 6) is 0.563. The highest BCUT2D eigenvalue weighted by Crippen LogP contribution is 2.27. The zero-order chi connectivity index (χ0) is 19.3. The molecule has 0 bridgehead atoms. The second kappa shape index (κ2) is 8.69. The summed E-state index contributed by atoms with van der Waals surface area (Å²) in [7, 11) is 0. The van der Waals surface area contributed by atoms with E-state index in [1.54, 1.807) is 12.1 Å². The fraction of sp³-hybridized carbons (Fsp3) is 0.455. The number of amides is 1. The van der Waals surface area contributed by atoms with Crippen molar-refractivity contribution < 1.29 is 9.18 Å². The summed E-state index contributed by atoms with van der Waals surface area (Å²) < 4.78 is 14.0. The Kier molecular flexibility index (Phi) is 5.86. The number of benzene rings is 1. The fourth-order valence-electron chi connectivity index (χ4n) is 4.26. The van der Waals surface area contributed by atoms with Crippen LogP contribution in [0.25, 0.3) is 0 Å². The molecule has 0 spiro atoms. The number of rotatable bonds is 4. The number of hydrogen-bond donors (Lipinski definition) is 0. The van der Waals surface area contributed by atoms with Crippen LogP contribution < -0.4 is 4.90 Å². The Morgan fingerprint density at radius 1 is 0.964 bits per heavy atom. The van der Waals surface area contributed by atoms with Gasteiger partial charge in [-0.15, -0.1) is 0 Å². The molecule has 0 radical (unpaired) electrons. The molecule has 2 aliphatic rings. The summed E-state index contributed by atoms with van der Waals surface area (Å²) >= 11 is 0. The van der Waals surface area contributed by atoms with Crippen LogP contribution in [0.15, 0.2) is 48.8 Å². The highest BCUT2D eigenvalue weighted by atomic mass is 19.1. The highest BCUT2D eigenvalue weighted by Gasteiger charge is 2.26. The third-order valence-corrected chi connectivity index (χ3v) is 5.95. The maximum Gasteiger partial charge on any atom is 0.236 e. The van der Waals surface area contributed by atoms with Crippen LogP contribution in [0.2, 0.25) is 0 Å². The van der Waals surface area contributed by atoms with Gasteiger partial charge < -0.3 is 9.80 Å². The van der Waals surface area contributed by atoms with Crippen molar-refractivity contribution in [2.45, 2.75) is 18.8 Å². The number of carbonyl (C=O) groups excluding carboxylic acids is 1. The summed E-state index contributed by atoms with van der Waals surface area (Å²) in [5.41, 5.74) is 1.98. The molecule has 0 atom stereocenters. The predicted molar refractivity (Wildman–Crippen MR) is 108 cm³/mol. The summed E-state index contributed by atoms with van der Waals surface area (Å²) in [5, 5.41) is 0. The molecule has 148 valence electrons. The van der Waals surface area contributed by atoms with Gasteiger partial charge in [-0.05, 0) is 61.7 Å². The molecular formula is C22H27FN4O. The third kappa shape index (κ3) is 4.33. The Balaban J connectivity index is 1.24. The number of hydrogen-bond acceptors (Lipinski definition) is 4. The van der Waals surface area contributed by atoms with Crippen LogP contribution in [-0.2, 0) is 4.79 Å². The lowest BCUT2D eigenvalue weighted by Gasteiger charge is -2.38. The van der Waals surface area contributed by atoms with E-state index in [0.29, 0.717) is 44.3 Å². The molecule has 1 amide bonds. The van der Waals surface area contributed by atoms with Gasteiger partial charge in [-0.3, -0.25) is 14.7 Å². The topological polar surface area (TPSA) is 39.7 Å². The van der Waals surface area contributed by atoms with Crippen molar-refractivity contribution in [1.29, 1.82) is 0 Å². The number of anilines is 1. The number of para-hydroxylation sites is 1. The van der Waals surface area contributed by atoms with E-state index in [9.17, 15) is 9.18 Å². The van der Waals surface area contributed by atoms with Gasteiger partial charge in [0.05, 0.1) is 12.2 Å². The highest BCUT2D eigenvalue weighted by molar-refractivity contribution is 5.78. The maximum absolute atomic E-state index is 14.0. The molecule has 6 heteroatoms. The lowest BCUT2D eigenvalue weighted by Crippen LogP contribution is -2.52. The molecule has 2 fully saturated rings. The SMILES string of the molecule is O=C(CN1CCC(c2ccncc2)CC1)N1CCN(c2ccccc2F)CC1. The molecule has 1 aromatic carbocycles. The zero-order valence-electron chi connectivity index (χ0n) is 16.1. The van der Waals surface area contributed by atoms with Crippen LogP contribution in [0, 0.1) is 5.82 Å². The summed E-state index contributed by atoms with van der Waals surface area (Å²) in [6.45, 7) is 5.06. The first kappa shape index (κ1) is 18.9. The Labute approximate surface area is 165 Å². The van der Waals surface area contributed by atoms with E-state index in [1.807, 2.05) is 28.3 Å². The van der Waals surface area contributed by atoms with E-state index >= 15 is 0 Å². The van der Waals surface area contributed by atoms with Gasteiger partial charge in [-0.1, -0.05) is 12.1 Å². The molecule has 1 aromatic heterocycles. The van der Waals surface area contributed by atoms with Crippen molar-refractivity contribution in [3.05, 3.63) is 60.2 Å². The van der Waals surface area contributed by atoms with Gasteiger partial charge in [0.2, 0.25) is 5.91 Å². The van der Waals surface area contributed by atoms with E-state index in [-0.39, 0.29) is 11.7 Å². The second-order valence-electron chi connectivity index (χ2n) is 7.65. The maximum atomic E-state index is 14.0. The number of pyridine rings is 1. The van der Waals surface area contributed by atoms with E-state index in [1.165, 1.54) is 11.6 Å². The van der Waals surface area contributed by atoms with Crippen LogP contribution in [-0.4, -0.2) is 66.5 Å². The minimum Gasteiger partial charge on any atom is -0.366 e. The minimum absolute atomic E-state index is 0.190. The average molecular weight is 382 g/mol. The Morgan fingerprint density at radius 3 is 2.32 bits per heavy atom. The van der Waals surface area contributed by atoms with Crippen LogP contribution in [0.1, 0.15) is 24.3 Å². The standard InChI is InChI=1S/C22H27FN4O/c23-20-3-1-2-4-21(20)26-13-15-27(16-14-26)22(28)17-25-11-7-19(8-12-25)18-5-9-24-10-6-18/h1-6,9-10,19H,7-8,11-17H2. The van der Waals surface area contributed by atoms with Crippen molar-refractivity contribution in [3.8, 4) is 0 Å². The molecule has 0 saturated carbocycles. The zero-order valence-corrected chi connectivity index (χ0v) is 16.1. The van der Waals surface area contributed by atoms with E-state index in [4.69, 9.17) is 0 Å². The summed E-state index contributed by atoms with van der Waals surface area (Å²) in [6.07, 6.45) is 5.87. The van der Waals surface area contributed by atoms with Crippen LogP contribution >= 0.6 is 0 Å². The quantitative estimate of drug-likeness (QED) is 0.815. The van der Waals surface area contributed by atoms with Crippen LogP contribution in [0.4, 0.5) is 10.1 Å². The molecular weight excluding hydrogens is 355 g/mol. The van der Waals surface area contributed by atoms with E-state index in [0.717, 1.165) is 25.9 Å². The van der Waals surface area contributed by atoms with E-state index in [2.05, 4.69) is 22.0 Å². The van der Waals surface area contributed by atoms with Gasteiger partial charge in [0.15, 0.2) is 0 Å². The summed E-state index contributed by atoms with van der Waals surface area (Å²) in [6, 6.07) is 11.0. The van der Waals surface area contributed by atoms with Crippen molar-refractivity contribution in [3.63, 3.8) is 0 Å². The molecule has 0 unspecified atom stereocenters. The van der Waals surface area contributed by atoms with Crippen LogP contribution in [0.3, 0.4) is 0 Å². The minimum atomic E-state index is -0.195. The van der Waals surface area contributed by atoms with Gasteiger partial charge in [0.25, 0.3) is 0 Å². The molecule has 4 rings (SSSR count). The Hall–Kier alpha value is -2.47. The lowest BCUT2D eigenvalue weighted by molar-refractivity contribution is -0.133. The van der Waals surface area contributed by atoms with Gasteiger partial charge in [-0.25, -0.2) is 4.39 Å². The largest absolute Gasteiger partial charge is 0.366 e. The molecule has 0 aliphatic carbocycles. The number of nitrogens with zero attached hydrogens (tertiary/aromatic N) is 4. The number of piperidine rings is 1. The van der Waals surface area contributed by atoms with E-state index < -0.39 is 0 Å². The first-order valence-corrected chi connectivity index (χ1v) is 10.1. The number of halogens is 1. The van der Waals surface area contributed by atoms with Gasteiger partial charge in [-0.2, -0.15) is 0 Å². The number of likely N-dealkylation sites (tertiary alicyclic amines) is 1. The Morgan fingerprint density at radius 2 is 1.64 bits per heavy atom. The van der Waals surface area contributed by atoms with Crippen LogP contribution in [0.5, 0.6) is 0 Å². The van der Waals surface area contributed by atoms with Gasteiger partial charge >= 0.3 is 0 Å². The normalized spacial score (nSPS) is 19.0. The smallest absolute Gasteiger partial charge is 0.236 e. The second-order valence-corrected chi connectivity index (χ2v) is 7.65. The molecule has 5 nitrogen and oxygen atoms in total. The Bertz CT molecular complexity index is 784.